The number of methoxy groups -OCH3 is 1. The van der Waals surface area contributed by atoms with Gasteiger partial charge >= 0.3 is 0 Å². The van der Waals surface area contributed by atoms with E-state index in [0.717, 1.165) is 46.9 Å². The van der Waals surface area contributed by atoms with E-state index in [1.807, 2.05) is 50.5 Å². The SMILES string of the molecule is CCN(CC)c1ccc(C(=O)N(CCN(C)C)c2nc3c(OC)ccc(C)c3s2)cc1.Cl. The van der Waals surface area contributed by atoms with Crippen molar-refractivity contribution in [3.63, 3.8) is 0 Å². The molecule has 0 spiro atoms. The maximum Gasteiger partial charge on any atom is 0.260 e. The lowest BCUT2D eigenvalue weighted by atomic mass is 10.1. The van der Waals surface area contributed by atoms with Gasteiger partial charge in [-0.1, -0.05) is 17.4 Å². The molecule has 1 amide bonds. The fourth-order valence-electron chi connectivity index (χ4n) is 3.52. The zero-order valence-corrected chi connectivity index (χ0v) is 21.3. The molecular weight excluding hydrogens is 444 g/mol. The van der Waals surface area contributed by atoms with Gasteiger partial charge in [-0.2, -0.15) is 0 Å². The largest absolute Gasteiger partial charge is 0.494 e. The van der Waals surface area contributed by atoms with E-state index in [2.05, 4.69) is 30.6 Å². The molecule has 174 valence electrons. The number of aromatic nitrogens is 1. The summed E-state index contributed by atoms with van der Waals surface area (Å²) in [7, 11) is 5.66. The summed E-state index contributed by atoms with van der Waals surface area (Å²) in [5.74, 6) is 0.690. The number of likely N-dealkylation sites (N-methyl/N-ethyl adjacent to an activating group) is 1. The number of halogens is 1. The van der Waals surface area contributed by atoms with Gasteiger partial charge in [-0.25, -0.2) is 4.98 Å². The normalized spacial score (nSPS) is 10.8. The van der Waals surface area contributed by atoms with Crippen LogP contribution in [0, 0.1) is 6.92 Å². The molecule has 0 atom stereocenters. The molecule has 0 aliphatic rings. The summed E-state index contributed by atoms with van der Waals surface area (Å²) in [5, 5.41) is 0.697. The Balaban J connectivity index is 0.00000363. The first kappa shape index (κ1) is 25.9. The minimum absolute atomic E-state index is 0. The zero-order valence-electron chi connectivity index (χ0n) is 19.7. The molecular formula is C24H33ClN4O2S. The molecule has 0 radical (unpaired) electrons. The summed E-state index contributed by atoms with van der Waals surface area (Å²) in [6.07, 6.45) is 0. The van der Waals surface area contributed by atoms with Crippen LogP contribution >= 0.6 is 23.7 Å². The highest BCUT2D eigenvalue weighted by Crippen LogP contribution is 2.36. The number of ether oxygens (including phenoxy) is 1. The Bertz CT molecular complexity index is 1030. The average molecular weight is 477 g/mol. The van der Waals surface area contributed by atoms with Gasteiger partial charge < -0.3 is 14.5 Å². The topological polar surface area (TPSA) is 48.9 Å². The average Bonchev–Trinajstić information content (AvgIpc) is 3.21. The van der Waals surface area contributed by atoms with Crippen LogP contribution in [0.25, 0.3) is 10.2 Å². The minimum atomic E-state index is -0.0383. The predicted molar refractivity (Wildman–Crippen MR) is 138 cm³/mol. The minimum Gasteiger partial charge on any atom is -0.494 e. The van der Waals surface area contributed by atoms with Crippen molar-refractivity contribution >= 4 is 50.7 Å². The van der Waals surface area contributed by atoms with Crippen LogP contribution in [0.2, 0.25) is 0 Å². The van der Waals surface area contributed by atoms with Crippen LogP contribution in [0.4, 0.5) is 10.8 Å². The van der Waals surface area contributed by atoms with Crippen LogP contribution in [0.3, 0.4) is 0 Å². The maximum absolute atomic E-state index is 13.5. The Morgan fingerprint density at radius 2 is 1.69 bits per heavy atom. The number of benzene rings is 2. The van der Waals surface area contributed by atoms with Crippen LogP contribution in [-0.2, 0) is 0 Å². The van der Waals surface area contributed by atoms with E-state index in [0.29, 0.717) is 17.2 Å². The number of rotatable bonds is 9. The monoisotopic (exact) mass is 476 g/mol. The first-order chi connectivity index (χ1) is 14.9. The lowest BCUT2D eigenvalue weighted by Gasteiger charge is -2.23. The van der Waals surface area contributed by atoms with Crippen LogP contribution in [0.1, 0.15) is 29.8 Å². The fraction of sp³-hybridized carbons (Fsp3) is 0.417. The van der Waals surface area contributed by atoms with Crippen molar-refractivity contribution in [2.75, 3.05) is 57.2 Å². The summed E-state index contributed by atoms with van der Waals surface area (Å²) < 4.78 is 6.55. The number of anilines is 2. The maximum atomic E-state index is 13.5. The molecule has 6 nitrogen and oxygen atoms in total. The third-order valence-corrected chi connectivity index (χ3v) is 6.62. The summed E-state index contributed by atoms with van der Waals surface area (Å²) in [6.45, 7) is 9.50. The standard InChI is InChI=1S/C24H32N4O2S.ClH/c1-7-27(8-2)19-12-10-18(11-13-19)23(29)28(16-15-26(4)5)24-25-21-20(30-6)14-9-17(3)22(21)31-24;/h9-14H,7-8,15-16H2,1-6H3;1H. The van der Waals surface area contributed by atoms with Gasteiger partial charge in [0.1, 0.15) is 11.3 Å². The number of fused-ring (bicyclic) bond motifs is 1. The highest BCUT2D eigenvalue weighted by molar-refractivity contribution is 7.22. The molecule has 3 aromatic rings. The van der Waals surface area contributed by atoms with Crippen LogP contribution in [-0.4, -0.2) is 63.2 Å². The van der Waals surface area contributed by atoms with E-state index in [4.69, 9.17) is 9.72 Å². The van der Waals surface area contributed by atoms with Crippen molar-refractivity contribution in [1.82, 2.24) is 9.88 Å². The van der Waals surface area contributed by atoms with E-state index in [-0.39, 0.29) is 18.3 Å². The van der Waals surface area contributed by atoms with E-state index < -0.39 is 0 Å². The molecule has 0 saturated heterocycles. The van der Waals surface area contributed by atoms with E-state index >= 15 is 0 Å². The zero-order chi connectivity index (χ0) is 22.5. The molecule has 1 aromatic heterocycles. The second kappa shape index (κ2) is 11.5. The van der Waals surface area contributed by atoms with Gasteiger partial charge in [-0.3, -0.25) is 9.69 Å². The third kappa shape index (κ3) is 5.52. The van der Waals surface area contributed by atoms with Gasteiger partial charge in [0.25, 0.3) is 5.91 Å². The quantitative estimate of drug-likeness (QED) is 0.430. The lowest BCUT2D eigenvalue weighted by molar-refractivity contribution is 0.0985. The van der Waals surface area contributed by atoms with Crippen LogP contribution in [0.5, 0.6) is 5.75 Å². The van der Waals surface area contributed by atoms with Crippen LogP contribution < -0.4 is 14.5 Å². The summed E-state index contributed by atoms with van der Waals surface area (Å²) in [5.41, 5.74) is 3.73. The molecule has 0 bridgehead atoms. The number of carbonyl (C=O) groups is 1. The predicted octanol–water partition coefficient (Wildman–Crippen LogP) is 5.09. The van der Waals surface area contributed by atoms with Crippen molar-refractivity contribution in [3.8, 4) is 5.75 Å². The molecule has 2 aromatic carbocycles. The number of amides is 1. The molecule has 8 heteroatoms. The van der Waals surface area contributed by atoms with Crippen molar-refractivity contribution < 1.29 is 9.53 Å². The fourth-order valence-corrected chi connectivity index (χ4v) is 4.60. The summed E-state index contributed by atoms with van der Waals surface area (Å²) in [4.78, 5) is 24.5. The molecule has 0 unspecified atom stereocenters. The highest BCUT2D eigenvalue weighted by atomic mass is 35.5. The first-order valence-electron chi connectivity index (χ1n) is 10.6. The molecule has 0 aliphatic carbocycles. The number of hydrogen-bond acceptors (Lipinski definition) is 6. The van der Waals surface area contributed by atoms with Gasteiger partial charge in [0.2, 0.25) is 0 Å². The number of aryl methyl sites for hydroxylation is 1. The first-order valence-corrected chi connectivity index (χ1v) is 11.5. The van der Waals surface area contributed by atoms with E-state index in [1.54, 1.807) is 12.0 Å². The highest BCUT2D eigenvalue weighted by Gasteiger charge is 2.23. The van der Waals surface area contributed by atoms with Crippen molar-refractivity contribution in [2.24, 2.45) is 0 Å². The second-order valence-corrected chi connectivity index (χ2v) is 8.72. The summed E-state index contributed by atoms with van der Waals surface area (Å²) >= 11 is 1.54. The van der Waals surface area contributed by atoms with Gasteiger partial charge in [-0.05, 0) is 70.8 Å². The van der Waals surface area contributed by atoms with Gasteiger partial charge in [0, 0.05) is 37.4 Å². The molecule has 0 N–H and O–H groups in total. The van der Waals surface area contributed by atoms with Crippen molar-refractivity contribution in [2.45, 2.75) is 20.8 Å². The molecule has 0 aliphatic heterocycles. The van der Waals surface area contributed by atoms with Gasteiger partial charge in [-0.15, -0.1) is 12.4 Å². The molecule has 3 rings (SSSR count). The van der Waals surface area contributed by atoms with E-state index in [9.17, 15) is 4.79 Å². The van der Waals surface area contributed by atoms with Gasteiger partial charge in [0.05, 0.1) is 11.8 Å². The smallest absolute Gasteiger partial charge is 0.260 e. The Labute approximate surface area is 201 Å². The van der Waals surface area contributed by atoms with Gasteiger partial charge in [0.15, 0.2) is 5.13 Å². The lowest BCUT2D eigenvalue weighted by Crippen LogP contribution is -2.36. The number of hydrogen-bond donors (Lipinski definition) is 0. The number of thiazole rings is 1. The van der Waals surface area contributed by atoms with Crippen LogP contribution in [0.15, 0.2) is 36.4 Å². The number of carbonyl (C=O) groups excluding carboxylic acids is 1. The van der Waals surface area contributed by atoms with Crippen molar-refractivity contribution in [3.05, 3.63) is 47.5 Å². The molecule has 1 heterocycles. The van der Waals surface area contributed by atoms with Crippen molar-refractivity contribution in [1.29, 1.82) is 0 Å². The Hall–Kier alpha value is -2.35. The molecule has 0 fully saturated rings. The Kier molecular flexibility index (Phi) is 9.31. The summed E-state index contributed by atoms with van der Waals surface area (Å²) in [6, 6.07) is 11.8. The second-order valence-electron chi connectivity index (χ2n) is 7.74. The third-order valence-electron chi connectivity index (χ3n) is 5.40. The molecule has 32 heavy (non-hydrogen) atoms. The molecule has 0 saturated carbocycles. The Morgan fingerprint density at radius 1 is 1.03 bits per heavy atom. The number of nitrogens with zero attached hydrogens (tertiary/aromatic N) is 4. The Morgan fingerprint density at radius 3 is 2.25 bits per heavy atom. The van der Waals surface area contributed by atoms with E-state index in [1.165, 1.54) is 11.3 Å².